The summed E-state index contributed by atoms with van der Waals surface area (Å²) in [5.41, 5.74) is 1.03. The first-order valence-electron chi connectivity index (χ1n) is 16.3. The van der Waals surface area contributed by atoms with Gasteiger partial charge in [0.15, 0.2) is 5.78 Å². The Morgan fingerprint density at radius 1 is 0.755 bits per heavy atom. The number of hydrogen-bond donors (Lipinski definition) is 2. The molecule has 0 saturated heterocycles. The third kappa shape index (κ3) is 12.8. The molecular formula is C34H48N2O11S2. The number of anilines is 1. The lowest BCUT2D eigenvalue weighted by atomic mass is 9.98. The SMILES string of the molecule is CCCCc1oc2ccc(N(S(C)(=O)=O)S(C)(=O)=O)cc2c1C(=O)c1ccc(OCCCN(CCCC)CCCC)cc1.O=C(O)C(=O)O. The van der Waals surface area contributed by atoms with Gasteiger partial charge in [0.1, 0.15) is 17.1 Å². The maximum absolute atomic E-state index is 13.8. The Labute approximate surface area is 288 Å². The van der Waals surface area contributed by atoms with Crippen LogP contribution in [0.4, 0.5) is 5.69 Å². The second-order valence-corrected chi connectivity index (χ2v) is 15.5. The highest BCUT2D eigenvalue weighted by Crippen LogP contribution is 2.34. The zero-order chi connectivity index (χ0) is 36.8. The average molecular weight is 725 g/mol. The zero-order valence-corrected chi connectivity index (χ0v) is 30.4. The summed E-state index contributed by atoms with van der Waals surface area (Å²) in [7, 11) is -8.30. The Balaban J connectivity index is 0.00000127. The van der Waals surface area contributed by atoms with Crippen LogP contribution in [0.2, 0.25) is 0 Å². The summed E-state index contributed by atoms with van der Waals surface area (Å²) in [6, 6.07) is 11.2. The van der Waals surface area contributed by atoms with E-state index in [0.29, 0.717) is 50.3 Å². The largest absolute Gasteiger partial charge is 0.494 e. The monoisotopic (exact) mass is 724 g/mol. The minimum atomic E-state index is -4.15. The van der Waals surface area contributed by atoms with Crippen LogP contribution in [0.15, 0.2) is 46.9 Å². The van der Waals surface area contributed by atoms with Crippen LogP contribution in [0.25, 0.3) is 11.0 Å². The Hall–Kier alpha value is -3.95. The molecule has 0 aliphatic carbocycles. The highest BCUT2D eigenvalue weighted by Gasteiger charge is 2.29. The molecule has 2 aromatic carbocycles. The van der Waals surface area contributed by atoms with Crippen LogP contribution in [-0.2, 0) is 36.1 Å². The molecule has 1 heterocycles. The normalized spacial score (nSPS) is 11.6. The molecular weight excluding hydrogens is 677 g/mol. The lowest BCUT2D eigenvalue weighted by Gasteiger charge is -2.21. The van der Waals surface area contributed by atoms with E-state index in [9.17, 15) is 21.6 Å². The molecule has 0 radical (unpaired) electrons. The number of unbranched alkanes of at least 4 members (excludes halogenated alkanes) is 3. The van der Waals surface area contributed by atoms with Gasteiger partial charge >= 0.3 is 11.9 Å². The maximum Gasteiger partial charge on any atom is 0.414 e. The van der Waals surface area contributed by atoms with Crippen LogP contribution in [0.5, 0.6) is 5.75 Å². The fourth-order valence-electron chi connectivity index (χ4n) is 5.06. The summed E-state index contributed by atoms with van der Waals surface area (Å²) in [5.74, 6) is -2.78. The number of carbonyl (C=O) groups is 3. The molecule has 0 atom stereocenters. The number of aryl methyl sites for hydroxylation is 1. The van der Waals surface area contributed by atoms with E-state index in [1.54, 1.807) is 24.3 Å². The topological polar surface area (TPSA) is 189 Å². The molecule has 272 valence electrons. The molecule has 13 nitrogen and oxygen atoms in total. The lowest BCUT2D eigenvalue weighted by Crippen LogP contribution is -2.35. The summed E-state index contributed by atoms with van der Waals surface area (Å²) in [6.07, 6.45) is 9.49. The first kappa shape index (κ1) is 41.2. The van der Waals surface area contributed by atoms with Gasteiger partial charge in [0.05, 0.1) is 30.4 Å². The molecule has 0 saturated carbocycles. The average Bonchev–Trinajstić information content (AvgIpc) is 3.39. The van der Waals surface area contributed by atoms with Crippen molar-refractivity contribution in [1.29, 1.82) is 0 Å². The predicted octanol–water partition coefficient (Wildman–Crippen LogP) is 5.56. The third-order valence-corrected chi connectivity index (χ3v) is 10.6. The van der Waals surface area contributed by atoms with Crippen LogP contribution >= 0.6 is 0 Å². The minimum absolute atomic E-state index is 0.0823. The van der Waals surface area contributed by atoms with Crippen molar-refractivity contribution in [2.75, 3.05) is 42.5 Å². The number of furan rings is 1. The number of benzene rings is 2. The summed E-state index contributed by atoms with van der Waals surface area (Å²) in [4.78, 5) is 34.5. The van der Waals surface area contributed by atoms with Gasteiger partial charge in [0.25, 0.3) is 0 Å². The van der Waals surface area contributed by atoms with Crippen molar-refractivity contribution in [1.82, 2.24) is 4.90 Å². The number of sulfonamides is 2. The number of carboxylic acids is 2. The zero-order valence-electron chi connectivity index (χ0n) is 28.8. The van der Waals surface area contributed by atoms with Gasteiger partial charge in [-0.15, -0.1) is 0 Å². The molecule has 2 N–H and O–H groups in total. The van der Waals surface area contributed by atoms with E-state index in [1.807, 2.05) is 6.92 Å². The smallest absolute Gasteiger partial charge is 0.414 e. The molecule has 0 bridgehead atoms. The molecule has 0 fully saturated rings. The number of carbonyl (C=O) groups excluding carboxylic acids is 1. The fourth-order valence-corrected chi connectivity index (χ4v) is 8.03. The van der Waals surface area contributed by atoms with Gasteiger partial charge in [0, 0.05) is 23.9 Å². The van der Waals surface area contributed by atoms with E-state index in [1.165, 1.54) is 43.9 Å². The number of fused-ring (bicyclic) bond motifs is 1. The third-order valence-electron chi connectivity index (χ3n) is 7.38. The quantitative estimate of drug-likeness (QED) is 0.0891. The van der Waals surface area contributed by atoms with Gasteiger partial charge in [-0.05, 0) is 81.2 Å². The van der Waals surface area contributed by atoms with Crippen molar-refractivity contribution in [3.63, 3.8) is 0 Å². The highest BCUT2D eigenvalue weighted by molar-refractivity contribution is 8.09. The molecule has 0 aliphatic heterocycles. The van der Waals surface area contributed by atoms with Crippen molar-refractivity contribution in [3.8, 4) is 5.75 Å². The molecule has 3 aromatic rings. The molecule has 15 heteroatoms. The van der Waals surface area contributed by atoms with Crippen LogP contribution in [0, 0.1) is 0 Å². The number of carboxylic acid groups (broad SMARTS) is 2. The predicted molar refractivity (Wildman–Crippen MR) is 189 cm³/mol. The number of hydrogen-bond acceptors (Lipinski definition) is 10. The maximum atomic E-state index is 13.8. The van der Waals surface area contributed by atoms with E-state index >= 15 is 0 Å². The van der Waals surface area contributed by atoms with E-state index in [0.717, 1.165) is 51.4 Å². The number of ether oxygens (including phenoxy) is 1. The van der Waals surface area contributed by atoms with Crippen LogP contribution in [0.3, 0.4) is 0 Å². The van der Waals surface area contributed by atoms with Crippen molar-refractivity contribution in [2.45, 2.75) is 72.1 Å². The Bertz CT molecular complexity index is 1720. The van der Waals surface area contributed by atoms with Gasteiger partial charge in [-0.2, -0.15) is 3.71 Å². The summed E-state index contributed by atoms with van der Waals surface area (Å²) >= 11 is 0. The molecule has 0 amide bonds. The van der Waals surface area contributed by atoms with Gasteiger partial charge in [0.2, 0.25) is 20.0 Å². The Morgan fingerprint density at radius 2 is 1.29 bits per heavy atom. The summed E-state index contributed by atoms with van der Waals surface area (Å²) < 4.78 is 61.9. The molecule has 0 unspecified atom stereocenters. The van der Waals surface area contributed by atoms with Crippen molar-refractivity contribution in [2.24, 2.45) is 0 Å². The number of ketones is 1. The Morgan fingerprint density at radius 3 is 1.78 bits per heavy atom. The molecule has 0 aliphatic rings. The van der Waals surface area contributed by atoms with Crippen LogP contribution in [0.1, 0.15) is 87.4 Å². The van der Waals surface area contributed by atoms with Crippen molar-refractivity contribution in [3.05, 3.63) is 59.4 Å². The van der Waals surface area contributed by atoms with Crippen molar-refractivity contribution >= 4 is 54.4 Å². The summed E-state index contributed by atoms with van der Waals surface area (Å²) in [6.45, 7) is 10.2. The van der Waals surface area contributed by atoms with Gasteiger partial charge in [-0.25, -0.2) is 26.4 Å². The second kappa shape index (κ2) is 19.3. The number of rotatable bonds is 19. The van der Waals surface area contributed by atoms with Crippen LogP contribution < -0.4 is 8.45 Å². The van der Waals surface area contributed by atoms with E-state index in [-0.39, 0.29) is 11.5 Å². The molecule has 0 spiro atoms. The van der Waals surface area contributed by atoms with Gasteiger partial charge < -0.3 is 24.3 Å². The van der Waals surface area contributed by atoms with E-state index in [4.69, 9.17) is 29.0 Å². The lowest BCUT2D eigenvalue weighted by molar-refractivity contribution is -0.159. The standard InChI is InChI=1S/C32H46N2O7S2.C2H2O4/c1-6-9-13-30-31(28-24-26(16-19-29(28)41-30)34(42(4,36)37)43(5,38)39)32(35)25-14-17-27(18-15-25)40-23-12-22-33(20-10-7-2)21-11-8-3;3-1(4)2(5)6/h14-19,24H,6-13,20-23H2,1-5H3;(H,3,4)(H,5,6). The minimum Gasteiger partial charge on any atom is -0.494 e. The highest BCUT2D eigenvalue weighted by atomic mass is 32.3. The van der Waals surface area contributed by atoms with E-state index < -0.39 is 32.0 Å². The molecule has 49 heavy (non-hydrogen) atoms. The first-order chi connectivity index (χ1) is 23.0. The molecule has 1 aromatic heterocycles. The Kier molecular flexibility index (Phi) is 16.2. The van der Waals surface area contributed by atoms with Gasteiger partial charge in [-0.3, -0.25) is 4.79 Å². The van der Waals surface area contributed by atoms with Crippen molar-refractivity contribution < 1.29 is 50.6 Å². The first-order valence-corrected chi connectivity index (χ1v) is 20.0. The fraction of sp³-hybridized carbons (Fsp3) is 0.500. The van der Waals surface area contributed by atoms with E-state index in [2.05, 4.69) is 18.7 Å². The molecule has 3 rings (SSSR count). The number of nitrogens with zero attached hydrogens (tertiary/aromatic N) is 2. The van der Waals surface area contributed by atoms with Gasteiger partial charge in [-0.1, -0.05) is 40.0 Å². The summed E-state index contributed by atoms with van der Waals surface area (Å²) in [5, 5.41) is 15.1. The van der Waals surface area contributed by atoms with Crippen LogP contribution in [-0.4, -0.2) is 88.4 Å². The number of aliphatic carboxylic acids is 2. The second-order valence-electron chi connectivity index (χ2n) is 11.6.